The number of hydrogen-bond acceptors (Lipinski definition) is 4. The van der Waals surface area contributed by atoms with Gasteiger partial charge in [-0.05, 0) is 54.3 Å². The van der Waals surface area contributed by atoms with Crippen molar-refractivity contribution in [2.75, 3.05) is 4.72 Å². The zero-order valence-corrected chi connectivity index (χ0v) is 15.4. The molecule has 0 spiro atoms. The molecule has 1 heterocycles. The van der Waals surface area contributed by atoms with Gasteiger partial charge in [0.05, 0.1) is 16.1 Å². The molecule has 3 aromatic rings. The molecule has 1 aliphatic carbocycles. The van der Waals surface area contributed by atoms with Gasteiger partial charge in [-0.15, -0.1) is 0 Å². The van der Waals surface area contributed by atoms with Crippen molar-refractivity contribution in [3.63, 3.8) is 0 Å². The van der Waals surface area contributed by atoms with Gasteiger partial charge in [0, 0.05) is 11.6 Å². The highest BCUT2D eigenvalue weighted by Crippen LogP contribution is 2.32. The lowest BCUT2D eigenvalue weighted by molar-refractivity contribution is -0.0498. The van der Waals surface area contributed by atoms with Crippen LogP contribution < -0.4 is 9.46 Å². The van der Waals surface area contributed by atoms with Crippen molar-refractivity contribution in [1.29, 1.82) is 0 Å². The largest absolute Gasteiger partial charge is 0.435 e. The summed E-state index contributed by atoms with van der Waals surface area (Å²) in [5.74, 6) is 0.0633. The predicted molar refractivity (Wildman–Crippen MR) is 104 cm³/mol. The molecule has 28 heavy (non-hydrogen) atoms. The van der Waals surface area contributed by atoms with Crippen LogP contribution in [0.3, 0.4) is 0 Å². The number of pyridine rings is 1. The Hall–Kier alpha value is -3.00. The van der Waals surface area contributed by atoms with Crippen molar-refractivity contribution in [2.24, 2.45) is 0 Å². The highest BCUT2D eigenvalue weighted by molar-refractivity contribution is 7.96. The second-order valence-electron chi connectivity index (χ2n) is 6.34. The number of sulfonamides is 1. The third-order valence-corrected chi connectivity index (χ3v) is 6.02. The Morgan fingerprint density at radius 2 is 1.89 bits per heavy atom. The van der Waals surface area contributed by atoms with Crippen molar-refractivity contribution < 1.29 is 21.9 Å². The van der Waals surface area contributed by atoms with Crippen LogP contribution in [0.15, 0.2) is 59.6 Å². The van der Waals surface area contributed by atoms with Crippen LogP contribution >= 0.6 is 0 Å². The highest BCUT2D eigenvalue weighted by atomic mass is 32.2. The fraction of sp³-hybridized carbons (Fsp3) is 0.150. The number of halogens is 2. The van der Waals surface area contributed by atoms with Crippen LogP contribution in [0.1, 0.15) is 17.5 Å². The summed E-state index contributed by atoms with van der Waals surface area (Å²) in [6, 6.07) is 13.4. The molecule has 8 heteroatoms. The smallest absolute Gasteiger partial charge is 0.387 e. The fourth-order valence-corrected chi connectivity index (χ4v) is 4.47. The Kier molecular flexibility index (Phi) is 4.72. The molecule has 0 atom stereocenters. The summed E-state index contributed by atoms with van der Waals surface area (Å²) in [6.45, 7) is -2.90. The topological polar surface area (TPSA) is 68.3 Å². The van der Waals surface area contributed by atoms with E-state index in [1.54, 1.807) is 36.5 Å². The molecule has 0 fully saturated rings. The molecule has 0 saturated heterocycles. The van der Waals surface area contributed by atoms with Crippen molar-refractivity contribution >= 4 is 32.7 Å². The van der Waals surface area contributed by atoms with E-state index in [-0.39, 0.29) is 17.1 Å². The first-order chi connectivity index (χ1) is 13.4. The molecule has 4 rings (SSSR count). The summed E-state index contributed by atoms with van der Waals surface area (Å²) in [6.07, 6.45) is 3.84. The third-order valence-electron chi connectivity index (χ3n) is 4.52. The van der Waals surface area contributed by atoms with E-state index >= 15 is 0 Å². The molecule has 5 nitrogen and oxygen atoms in total. The highest BCUT2D eigenvalue weighted by Gasteiger charge is 2.23. The molecule has 1 N–H and O–H groups in total. The number of allylic oxidation sites excluding steroid dienone is 1. The van der Waals surface area contributed by atoms with Crippen molar-refractivity contribution in [2.45, 2.75) is 19.5 Å². The molecule has 0 unspecified atom stereocenters. The van der Waals surface area contributed by atoms with Gasteiger partial charge in [-0.2, -0.15) is 8.78 Å². The number of anilines is 1. The maximum atomic E-state index is 12.9. The Morgan fingerprint density at radius 3 is 2.71 bits per heavy atom. The van der Waals surface area contributed by atoms with Gasteiger partial charge in [-0.25, -0.2) is 8.42 Å². The Morgan fingerprint density at radius 1 is 1.07 bits per heavy atom. The standard InChI is InChI=1S/C20H16F2N2O3S/c21-20(22)27-16-8-6-15-12-17(9-7-14(15)11-16)28(25,26)24-18-5-1-3-13-4-2-10-23-19(13)18/h1-6,8,10-12,20,24H,7,9H2. The van der Waals surface area contributed by atoms with Gasteiger partial charge in [0.15, 0.2) is 0 Å². The average molecular weight is 402 g/mol. The minimum Gasteiger partial charge on any atom is -0.435 e. The van der Waals surface area contributed by atoms with E-state index in [2.05, 4.69) is 14.4 Å². The summed E-state index contributed by atoms with van der Waals surface area (Å²) in [7, 11) is -3.78. The molecule has 1 aromatic heterocycles. The number of nitrogens with zero attached hydrogens (tertiary/aromatic N) is 1. The minimum absolute atomic E-state index is 0.0633. The van der Waals surface area contributed by atoms with E-state index in [0.29, 0.717) is 23.2 Å². The summed E-state index contributed by atoms with van der Waals surface area (Å²) in [5, 5.41) is 0.831. The maximum Gasteiger partial charge on any atom is 0.387 e. The first kappa shape index (κ1) is 18.4. The number of hydrogen-bond donors (Lipinski definition) is 1. The van der Waals surface area contributed by atoms with Gasteiger partial charge >= 0.3 is 6.61 Å². The van der Waals surface area contributed by atoms with Crippen LogP contribution in [0.5, 0.6) is 5.75 Å². The molecule has 0 amide bonds. The number of ether oxygens (including phenoxy) is 1. The van der Waals surface area contributed by atoms with E-state index in [9.17, 15) is 17.2 Å². The fourth-order valence-electron chi connectivity index (χ4n) is 3.23. The lowest BCUT2D eigenvalue weighted by Crippen LogP contribution is -2.18. The molecule has 0 bridgehead atoms. The lowest BCUT2D eigenvalue weighted by Gasteiger charge is -2.19. The zero-order chi connectivity index (χ0) is 19.7. The summed E-state index contributed by atoms with van der Waals surface area (Å²) < 4.78 is 57.5. The van der Waals surface area contributed by atoms with Gasteiger partial charge < -0.3 is 4.74 Å². The lowest BCUT2D eigenvalue weighted by atomic mass is 9.97. The van der Waals surface area contributed by atoms with Gasteiger partial charge in [-0.1, -0.05) is 24.3 Å². The van der Waals surface area contributed by atoms with E-state index in [4.69, 9.17) is 0 Å². The van der Waals surface area contributed by atoms with Crippen LogP contribution in [0.4, 0.5) is 14.5 Å². The second kappa shape index (κ2) is 7.20. The van der Waals surface area contributed by atoms with E-state index in [0.717, 1.165) is 10.9 Å². The minimum atomic E-state index is -3.78. The molecule has 0 saturated carbocycles. The first-order valence-electron chi connectivity index (χ1n) is 8.57. The number of benzene rings is 2. The van der Waals surface area contributed by atoms with Crippen LogP contribution in [0, 0.1) is 0 Å². The third kappa shape index (κ3) is 3.68. The Bertz CT molecular complexity index is 1170. The van der Waals surface area contributed by atoms with Crippen LogP contribution in [0.2, 0.25) is 0 Å². The monoisotopic (exact) mass is 402 g/mol. The van der Waals surface area contributed by atoms with Crippen molar-refractivity contribution in [3.8, 4) is 5.75 Å². The van der Waals surface area contributed by atoms with Gasteiger partial charge in [0.25, 0.3) is 10.0 Å². The Balaban J connectivity index is 1.64. The molecule has 144 valence electrons. The van der Waals surface area contributed by atoms with Crippen molar-refractivity contribution in [3.05, 3.63) is 70.8 Å². The summed E-state index contributed by atoms with van der Waals surface area (Å²) >= 11 is 0. The number of para-hydroxylation sites is 1. The zero-order valence-electron chi connectivity index (χ0n) is 14.6. The van der Waals surface area contributed by atoms with Crippen LogP contribution in [0.25, 0.3) is 17.0 Å². The molecular formula is C20H16F2N2O3S. The second-order valence-corrected chi connectivity index (χ2v) is 8.07. The molecule has 2 aromatic carbocycles. The molecular weight excluding hydrogens is 386 g/mol. The Labute approximate surface area is 160 Å². The van der Waals surface area contributed by atoms with E-state index in [1.807, 2.05) is 12.1 Å². The molecule has 0 aliphatic heterocycles. The van der Waals surface area contributed by atoms with Gasteiger partial charge in [-0.3, -0.25) is 9.71 Å². The predicted octanol–water partition coefficient (Wildman–Crippen LogP) is 4.57. The summed E-state index contributed by atoms with van der Waals surface area (Å²) in [4.78, 5) is 4.49. The number of fused-ring (bicyclic) bond motifs is 2. The molecule has 1 aliphatic rings. The first-order valence-corrected chi connectivity index (χ1v) is 10.1. The van der Waals surface area contributed by atoms with Crippen LogP contribution in [-0.4, -0.2) is 20.0 Å². The number of alkyl halides is 2. The van der Waals surface area contributed by atoms with Crippen molar-refractivity contribution in [1.82, 2.24) is 4.98 Å². The van der Waals surface area contributed by atoms with Crippen LogP contribution in [-0.2, 0) is 16.4 Å². The average Bonchev–Trinajstić information content (AvgIpc) is 2.67. The normalized spacial score (nSPS) is 13.9. The molecule has 0 radical (unpaired) electrons. The maximum absolute atomic E-state index is 12.9. The number of aromatic nitrogens is 1. The summed E-state index contributed by atoms with van der Waals surface area (Å²) in [5.41, 5.74) is 2.41. The number of aryl methyl sites for hydroxylation is 1. The number of nitrogens with one attached hydrogen (secondary N) is 1. The SMILES string of the molecule is O=S(=O)(Nc1cccc2cccnc12)C1=Cc2ccc(OC(F)F)cc2CC1. The van der Waals surface area contributed by atoms with E-state index < -0.39 is 16.6 Å². The number of rotatable bonds is 5. The van der Waals surface area contributed by atoms with Gasteiger partial charge in [0.2, 0.25) is 0 Å². The quantitative estimate of drug-likeness (QED) is 0.679. The van der Waals surface area contributed by atoms with Gasteiger partial charge in [0.1, 0.15) is 5.75 Å². The van der Waals surface area contributed by atoms with E-state index in [1.165, 1.54) is 12.1 Å².